The zero-order valence-electron chi connectivity index (χ0n) is 59.3. The quantitative estimate of drug-likeness (QED) is 0.0370. The van der Waals surface area contributed by atoms with Crippen LogP contribution < -0.4 is 0 Å². The van der Waals surface area contributed by atoms with Gasteiger partial charge in [-0.1, -0.05) is 436 Å². The van der Waals surface area contributed by atoms with E-state index in [-0.39, 0.29) is 58.7 Å². The van der Waals surface area contributed by atoms with Crippen molar-refractivity contribution in [2.45, 2.75) is 447 Å². The number of benzene rings is 2. The van der Waals surface area contributed by atoms with Crippen LogP contribution in [0, 0.1) is 0 Å². The van der Waals surface area contributed by atoms with Gasteiger partial charge in [0.15, 0.2) is 0 Å². The average Bonchev–Trinajstić information content (AvgIpc) is 3.67. The fourth-order valence-corrected chi connectivity index (χ4v) is 14.2. The normalized spacial score (nSPS) is 11.7. The van der Waals surface area contributed by atoms with E-state index in [0.717, 1.165) is 36.8 Å². The Bertz CT molecular complexity index is 1820. The molecule has 2 aromatic rings. The molecule has 0 bridgehead atoms. The second-order valence-electron chi connectivity index (χ2n) is 27.6. The fraction of sp³-hybridized carbons (Fsp3) is 0.850. The molecule has 2 aromatic carbocycles. The molecular formula is C80H146BaO6S2. The molecule has 0 aliphatic heterocycles. The van der Waals surface area contributed by atoms with Gasteiger partial charge in [0.05, 0.1) is 9.79 Å². The molecule has 0 saturated heterocycles. The molecule has 0 aromatic heterocycles. The van der Waals surface area contributed by atoms with Gasteiger partial charge in [-0.2, -0.15) is 0 Å². The van der Waals surface area contributed by atoms with E-state index in [4.69, 9.17) is 0 Å². The van der Waals surface area contributed by atoms with Gasteiger partial charge >= 0.3 is 48.9 Å². The van der Waals surface area contributed by atoms with Crippen molar-refractivity contribution in [2.75, 3.05) is 0 Å². The van der Waals surface area contributed by atoms with Gasteiger partial charge < -0.3 is 9.11 Å². The van der Waals surface area contributed by atoms with E-state index in [2.05, 4.69) is 13.8 Å². The molecule has 0 aliphatic rings. The van der Waals surface area contributed by atoms with E-state index in [0.29, 0.717) is 0 Å². The average molecular weight is 1410 g/mol. The van der Waals surface area contributed by atoms with E-state index in [1.165, 1.54) is 422 Å². The molecule has 0 aliphatic carbocycles. The molecule has 0 saturated carbocycles. The summed E-state index contributed by atoms with van der Waals surface area (Å²) in [4.78, 5) is -0.211. The van der Waals surface area contributed by atoms with Crippen molar-refractivity contribution in [3.63, 3.8) is 0 Å². The summed E-state index contributed by atoms with van der Waals surface area (Å²) in [5.74, 6) is 0. The predicted octanol–water partition coefficient (Wildman–Crippen LogP) is 26.9. The maximum absolute atomic E-state index is 11.1. The van der Waals surface area contributed by atoms with Crippen LogP contribution in [-0.4, -0.2) is 74.8 Å². The molecule has 89 heavy (non-hydrogen) atoms. The molecule has 0 spiro atoms. The van der Waals surface area contributed by atoms with Crippen LogP contribution in [0.3, 0.4) is 0 Å². The Morgan fingerprint density at radius 2 is 0.360 bits per heavy atom. The van der Waals surface area contributed by atoms with Gasteiger partial charge in [0, 0.05) is 0 Å². The molecule has 0 fully saturated rings. The molecule has 0 unspecified atom stereocenters. The van der Waals surface area contributed by atoms with Crippen molar-refractivity contribution >= 4 is 69.1 Å². The predicted molar refractivity (Wildman–Crippen MR) is 389 cm³/mol. The van der Waals surface area contributed by atoms with Gasteiger partial charge in [-0.3, -0.25) is 0 Å². The zero-order valence-corrected chi connectivity index (χ0v) is 65.3. The summed E-state index contributed by atoms with van der Waals surface area (Å²) in [6.07, 6.45) is 92.0. The Morgan fingerprint density at radius 1 is 0.225 bits per heavy atom. The van der Waals surface area contributed by atoms with Gasteiger partial charge in [-0.25, -0.2) is 16.8 Å². The summed E-state index contributed by atoms with van der Waals surface area (Å²) in [6, 6.07) is 13.0. The van der Waals surface area contributed by atoms with Gasteiger partial charge in [0.2, 0.25) is 0 Å². The molecule has 0 N–H and O–H groups in total. The summed E-state index contributed by atoms with van der Waals surface area (Å²) in [5, 5.41) is 0. The molecule has 9 heteroatoms. The molecule has 0 amide bonds. The van der Waals surface area contributed by atoms with Crippen LogP contribution in [0.25, 0.3) is 0 Å². The van der Waals surface area contributed by atoms with Crippen LogP contribution in [0.1, 0.15) is 436 Å². The first-order chi connectivity index (χ1) is 43.1. The smallest absolute Gasteiger partial charge is 0.744 e. The number of unbranched alkanes of at least 4 members (excludes halogenated alkanes) is 62. The van der Waals surface area contributed by atoms with Gasteiger partial charge in [-0.05, 0) is 61.1 Å². The Kier molecular flexibility index (Phi) is 69.1. The van der Waals surface area contributed by atoms with E-state index in [1.807, 2.05) is 12.1 Å². The third-order valence-corrected chi connectivity index (χ3v) is 20.7. The maximum Gasteiger partial charge on any atom is 2.00 e. The first-order valence-corrected chi connectivity index (χ1v) is 42.0. The standard InChI is InChI=1S/2C40H74O3S.Ba/c2*1-2-3-4-5-6-7-8-9-10-11-12-13-14-15-16-17-18-19-20-21-22-23-24-25-26-27-28-29-30-31-32-33-35-39-36-34-37-40(38-39)44(41,42)43;/h2*34,36-38H,2-33,35H2,1H3,(H,41,42,43);/q;;+2/p-2. The van der Waals surface area contributed by atoms with Gasteiger partial charge in [0.1, 0.15) is 20.2 Å². The second-order valence-corrected chi connectivity index (χ2v) is 30.4. The number of rotatable bonds is 68. The Morgan fingerprint density at radius 3 is 0.494 bits per heavy atom. The maximum atomic E-state index is 11.1. The summed E-state index contributed by atoms with van der Waals surface area (Å²) in [5.41, 5.74) is 1.90. The second kappa shape index (κ2) is 69.2. The van der Waals surface area contributed by atoms with Crippen molar-refractivity contribution in [3.05, 3.63) is 59.7 Å². The van der Waals surface area contributed by atoms with E-state index >= 15 is 0 Å². The minimum atomic E-state index is -4.35. The van der Waals surface area contributed by atoms with Crippen LogP contribution in [0.4, 0.5) is 0 Å². The molecule has 0 heterocycles. The topological polar surface area (TPSA) is 114 Å². The van der Waals surface area contributed by atoms with Crippen molar-refractivity contribution in [1.29, 1.82) is 0 Å². The van der Waals surface area contributed by atoms with Crippen LogP contribution in [0.5, 0.6) is 0 Å². The Labute approximate surface area is 596 Å². The molecule has 0 atom stereocenters. The minimum absolute atomic E-state index is 0. The van der Waals surface area contributed by atoms with Crippen molar-refractivity contribution in [1.82, 2.24) is 0 Å². The monoisotopic (exact) mass is 1400 g/mol. The third-order valence-electron chi connectivity index (χ3n) is 19.0. The summed E-state index contributed by atoms with van der Waals surface area (Å²) < 4.78 is 66.9. The van der Waals surface area contributed by atoms with Crippen molar-refractivity contribution in [2.24, 2.45) is 0 Å². The number of hydrogen-bond donors (Lipinski definition) is 0. The minimum Gasteiger partial charge on any atom is -0.744 e. The van der Waals surface area contributed by atoms with E-state index in [9.17, 15) is 25.9 Å². The summed E-state index contributed by atoms with van der Waals surface area (Å²) >= 11 is 0. The SMILES string of the molecule is CCCCCCCCCCCCCCCCCCCCCCCCCCCCCCCCCCc1cccc(S(=O)(=O)[O-])c1.CCCCCCCCCCCCCCCCCCCCCCCCCCCCCCCCCCc1cccc(S(=O)(=O)[O-])c1.[Ba+2]. The molecule has 2 rings (SSSR count). The Balaban J connectivity index is 0.00000172. The first-order valence-electron chi connectivity index (χ1n) is 39.2. The third kappa shape index (κ3) is 64.9. The number of hydrogen-bond acceptors (Lipinski definition) is 6. The van der Waals surface area contributed by atoms with Crippen molar-refractivity contribution in [3.8, 4) is 0 Å². The zero-order chi connectivity index (χ0) is 63.6. The molecule has 516 valence electrons. The molecular weight excluding hydrogens is 1260 g/mol. The van der Waals surface area contributed by atoms with Gasteiger partial charge in [0.25, 0.3) is 0 Å². The number of aryl methyl sites for hydroxylation is 2. The summed E-state index contributed by atoms with van der Waals surface area (Å²) in [7, 11) is -8.69. The van der Waals surface area contributed by atoms with Crippen LogP contribution in [0.15, 0.2) is 58.3 Å². The largest absolute Gasteiger partial charge is 2.00 e. The van der Waals surface area contributed by atoms with E-state index in [1.54, 1.807) is 12.1 Å². The fourth-order valence-electron chi connectivity index (χ4n) is 13.1. The van der Waals surface area contributed by atoms with Crippen LogP contribution in [-0.2, 0) is 33.1 Å². The van der Waals surface area contributed by atoms with Crippen LogP contribution in [0.2, 0.25) is 0 Å². The molecule has 6 nitrogen and oxygen atoms in total. The van der Waals surface area contributed by atoms with Crippen molar-refractivity contribution < 1.29 is 25.9 Å². The van der Waals surface area contributed by atoms with Crippen LogP contribution >= 0.6 is 0 Å². The Hall–Kier alpha value is -0.169. The molecule has 0 radical (unpaired) electrons. The first kappa shape index (κ1) is 88.8. The van der Waals surface area contributed by atoms with Gasteiger partial charge in [-0.15, -0.1) is 0 Å². The summed E-state index contributed by atoms with van der Waals surface area (Å²) in [6.45, 7) is 4.60. The van der Waals surface area contributed by atoms with E-state index < -0.39 is 20.2 Å².